The number of hydrogen-bond acceptors (Lipinski definition) is 4. The highest BCUT2D eigenvalue weighted by atomic mass is 79.9. The number of nitrogens with one attached hydrogen (secondary N) is 3. The highest BCUT2D eigenvalue weighted by Crippen LogP contribution is 2.32. The zero-order valence-electron chi connectivity index (χ0n) is 14.3. The van der Waals surface area contributed by atoms with Crippen LogP contribution in [-0.4, -0.2) is 30.8 Å². The molecule has 0 aliphatic carbocycles. The van der Waals surface area contributed by atoms with Gasteiger partial charge in [-0.3, -0.25) is 10.1 Å². The molecule has 1 aromatic carbocycles. The first-order valence-corrected chi connectivity index (χ1v) is 8.38. The number of amides is 1. The van der Waals surface area contributed by atoms with Gasteiger partial charge >= 0.3 is 17.8 Å². The number of ether oxygens (including phenoxy) is 1. The van der Waals surface area contributed by atoms with Crippen LogP contribution in [0.2, 0.25) is 0 Å². The maximum Gasteiger partial charge on any atom is 0.464 e. The molecule has 0 fully saturated rings. The standard InChI is InChI=1S/C17H15BrF3N3O3/c1-10-5-3-4-6-12(10)14(25)24-16(15(26)27-2,17(19,20)21)23-13-8-7-11(18)9-22-13/h3-9H,1-2H3,(H,22,23)(H,24,25)/p+1/t16-/m0/s1. The third-order valence-corrected chi connectivity index (χ3v) is 4.20. The minimum absolute atomic E-state index is 0.00314. The number of alkyl halides is 3. The molecule has 0 spiro atoms. The van der Waals surface area contributed by atoms with Gasteiger partial charge in [-0.25, -0.2) is 15.1 Å². The predicted octanol–water partition coefficient (Wildman–Crippen LogP) is 2.85. The molecule has 3 N–H and O–H groups in total. The molecular formula is C17H16BrF3N3O3+. The van der Waals surface area contributed by atoms with E-state index in [0.717, 1.165) is 7.11 Å². The minimum atomic E-state index is -5.21. The quantitative estimate of drug-likeness (QED) is 0.546. The van der Waals surface area contributed by atoms with Crippen LogP contribution in [0.5, 0.6) is 0 Å². The number of hydrogen-bond donors (Lipinski definition) is 2. The van der Waals surface area contributed by atoms with Crippen LogP contribution >= 0.6 is 15.9 Å². The second-order valence-corrected chi connectivity index (χ2v) is 6.47. The van der Waals surface area contributed by atoms with Gasteiger partial charge in [-0.2, -0.15) is 13.2 Å². The molecule has 144 valence electrons. The fourth-order valence-corrected chi connectivity index (χ4v) is 2.54. The summed E-state index contributed by atoms with van der Waals surface area (Å²) in [6.45, 7) is 1.57. The van der Waals surface area contributed by atoms with Crippen molar-refractivity contribution >= 4 is 33.6 Å². The van der Waals surface area contributed by atoms with Crippen LogP contribution in [0.1, 0.15) is 15.9 Å². The summed E-state index contributed by atoms with van der Waals surface area (Å²) in [4.78, 5) is 27.2. The van der Waals surface area contributed by atoms with Crippen molar-refractivity contribution in [1.29, 1.82) is 0 Å². The monoisotopic (exact) mass is 446 g/mol. The first-order chi connectivity index (χ1) is 12.6. The van der Waals surface area contributed by atoms with Crippen LogP contribution in [0.4, 0.5) is 19.0 Å². The van der Waals surface area contributed by atoms with E-state index in [1.54, 1.807) is 24.4 Å². The molecule has 2 aromatic rings. The molecule has 0 aliphatic rings. The molecule has 6 nitrogen and oxygen atoms in total. The Labute approximate surface area is 161 Å². The number of pyridine rings is 1. The number of benzene rings is 1. The fraction of sp³-hybridized carbons (Fsp3) is 0.235. The van der Waals surface area contributed by atoms with Crippen molar-refractivity contribution in [3.63, 3.8) is 0 Å². The van der Waals surface area contributed by atoms with Crippen LogP contribution in [0.15, 0.2) is 47.1 Å². The molecular weight excluding hydrogens is 431 g/mol. The van der Waals surface area contributed by atoms with Gasteiger partial charge in [-0.1, -0.05) is 18.2 Å². The van der Waals surface area contributed by atoms with E-state index in [1.807, 2.05) is 5.32 Å². The Morgan fingerprint density at radius 2 is 1.81 bits per heavy atom. The van der Waals surface area contributed by atoms with Gasteiger partial charge in [0, 0.05) is 11.6 Å². The van der Waals surface area contributed by atoms with Crippen LogP contribution in [0.3, 0.4) is 0 Å². The zero-order chi connectivity index (χ0) is 20.2. The van der Waals surface area contributed by atoms with E-state index in [4.69, 9.17) is 0 Å². The number of esters is 1. The Morgan fingerprint density at radius 1 is 1.15 bits per heavy atom. The molecule has 0 aliphatic heterocycles. The molecule has 1 heterocycles. The molecule has 0 bridgehead atoms. The van der Waals surface area contributed by atoms with Gasteiger partial charge < -0.3 is 4.74 Å². The van der Waals surface area contributed by atoms with Gasteiger partial charge in [-0.15, -0.1) is 0 Å². The summed E-state index contributed by atoms with van der Waals surface area (Å²) in [6.07, 6.45) is -3.84. The summed E-state index contributed by atoms with van der Waals surface area (Å²) in [5.41, 5.74) is -3.05. The van der Waals surface area contributed by atoms with E-state index in [9.17, 15) is 22.8 Å². The number of aromatic amines is 1. The molecule has 0 unspecified atom stereocenters. The van der Waals surface area contributed by atoms with E-state index >= 15 is 0 Å². The predicted molar refractivity (Wildman–Crippen MR) is 93.8 cm³/mol. The average Bonchev–Trinajstić information content (AvgIpc) is 2.61. The summed E-state index contributed by atoms with van der Waals surface area (Å²) < 4.78 is 46.8. The number of methoxy groups -OCH3 is 1. The third kappa shape index (κ3) is 4.38. The van der Waals surface area contributed by atoms with Gasteiger partial charge in [0.25, 0.3) is 11.7 Å². The Morgan fingerprint density at radius 3 is 2.33 bits per heavy atom. The number of carbonyl (C=O) groups is 2. The van der Waals surface area contributed by atoms with E-state index in [2.05, 4.69) is 25.7 Å². The molecule has 2 rings (SSSR count). The second-order valence-electron chi connectivity index (χ2n) is 5.55. The molecule has 27 heavy (non-hydrogen) atoms. The van der Waals surface area contributed by atoms with Crippen molar-refractivity contribution in [2.24, 2.45) is 0 Å². The smallest absolute Gasteiger partial charge is 0.464 e. The normalized spacial score (nSPS) is 13.4. The molecule has 1 amide bonds. The van der Waals surface area contributed by atoms with Gasteiger partial charge in [0.1, 0.15) is 6.20 Å². The van der Waals surface area contributed by atoms with Crippen molar-refractivity contribution in [1.82, 2.24) is 5.32 Å². The number of rotatable bonds is 5. The number of aryl methyl sites for hydroxylation is 1. The molecule has 10 heteroatoms. The van der Waals surface area contributed by atoms with Crippen molar-refractivity contribution < 1.29 is 32.5 Å². The SMILES string of the molecule is COC(=O)[C@@](NC(=O)c1ccccc1C)(Nc1ccc(Br)c[nH+]1)C(F)(F)F. The maximum atomic E-state index is 14.0. The lowest BCUT2D eigenvalue weighted by atomic mass is 10.1. The molecule has 0 saturated heterocycles. The summed E-state index contributed by atoms with van der Waals surface area (Å²) in [6, 6.07) is 8.80. The first kappa shape index (κ1) is 20.7. The van der Waals surface area contributed by atoms with Crippen LogP contribution in [0.25, 0.3) is 0 Å². The lowest BCUT2D eigenvalue weighted by Gasteiger charge is -2.30. The Kier molecular flexibility index (Phi) is 6.09. The van der Waals surface area contributed by atoms with Crippen molar-refractivity contribution in [2.75, 3.05) is 12.4 Å². The Bertz CT molecular complexity index is 843. The van der Waals surface area contributed by atoms with Crippen LogP contribution in [-0.2, 0) is 9.53 Å². The first-order valence-electron chi connectivity index (χ1n) is 7.59. The average molecular weight is 447 g/mol. The van der Waals surface area contributed by atoms with Crippen LogP contribution < -0.4 is 15.6 Å². The topological polar surface area (TPSA) is 81.6 Å². The van der Waals surface area contributed by atoms with E-state index in [0.29, 0.717) is 10.0 Å². The summed E-state index contributed by atoms with van der Waals surface area (Å²) >= 11 is 3.14. The van der Waals surface area contributed by atoms with Gasteiger partial charge in [0.15, 0.2) is 0 Å². The number of anilines is 1. The number of halogens is 4. The molecule has 0 saturated carbocycles. The van der Waals surface area contributed by atoms with E-state index in [-0.39, 0.29) is 11.4 Å². The summed E-state index contributed by atoms with van der Waals surface area (Å²) in [7, 11) is 0.801. The van der Waals surface area contributed by atoms with E-state index in [1.165, 1.54) is 30.5 Å². The molecule has 0 radical (unpaired) electrons. The van der Waals surface area contributed by atoms with Crippen molar-refractivity contribution in [2.45, 2.75) is 18.8 Å². The van der Waals surface area contributed by atoms with Gasteiger partial charge in [0.2, 0.25) is 0 Å². The number of carbonyl (C=O) groups excluding carboxylic acids is 2. The fourth-order valence-electron chi connectivity index (χ4n) is 2.29. The Hall–Kier alpha value is -2.62. The second kappa shape index (κ2) is 7.95. The maximum absolute atomic E-state index is 14.0. The molecule has 1 atom stereocenters. The van der Waals surface area contributed by atoms with E-state index < -0.39 is 23.7 Å². The van der Waals surface area contributed by atoms with Crippen molar-refractivity contribution in [3.8, 4) is 0 Å². The summed E-state index contributed by atoms with van der Waals surface area (Å²) in [5.74, 6) is -2.96. The lowest BCUT2D eigenvalue weighted by Crippen LogP contribution is -2.69. The third-order valence-electron chi connectivity index (χ3n) is 3.70. The number of aromatic nitrogens is 1. The van der Waals surface area contributed by atoms with Gasteiger partial charge in [-0.05, 0) is 40.5 Å². The zero-order valence-corrected chi connectivity index (χ0v) is 15.9. The lowest BCUT2D eigenvalue weighted by molar-refractivity contribution is -0.363. The van der Waals surface area contributed by atoms with Crippen LogP contribution in [0, 0.1) is 6.92 Å². The molecule has 1 aromatic heterocycles. The van der Waals surface area contributed by atoms with Crippen molar-refractivity contribution in [3.05, 3.63) is 58.2 Å². The Balaban J connectivity index is 2.50. The summed E-state index contributed by atoms with van der Waals surface area (Å²) in [5, 5.41) is 3.78. The number of H-pyrrole nitrogens is 1. The highest BCUT2D eigenvalue weighted by Gasteiger charge is 2.67. The van der Waals surface area contributed by atoms with Gasteiger partial charge in [0.05, 0.1) is 11.6 Å². The highest BCUT2D eigenvalue weighted by molar-refractivity contribution is 9.10. The largest absolute Gasteiger partial charge is 0.464 e. The minimum Gasteiger partial charge on any atom is -0.464 e.